The average Bonchev–Trinajstić information content (AvgIpc) is 2.74. The summed E-state index contributed by atoms with van der Waals surface area (Å²) < 4.78 is 0. The lowest BCUT2D eigenvalue weighted by Crippen LogP contribution is -2.36. The quantitative estimate of drug-likeness (QED) is 0.840. The van der Waals surface area contributed by atoms with Gasteiger partial charge in [-0.1, -0.05) is 25.8 Å². The zero-order valence-corrected chi connectivity index (χ0v) is 10.9. The second kappa shape index (κ2) is 5.33. The number of rotatable bonds is 4. The fourth-order valence-electron chi connectivity index (χ4n) is 2.83. The summed E-state index contributed by atoms with van der Waals surface area (Å²) in [4.78, 5) is 1.33. The lowest BCUT2D eigenvalue weighted by Gasteiger charge is -2.35. The van der Waals surface area contributed by atoms with Crippen LogP contribution in [-0.2, 0) is 6.42 Å². The maximum atomic E-state index is 10.5. The minimum atomic E-state index is -0.408. The Morgan fingerprint density at radius 3 is 2.75 bits per heavy atom. The fraction of sp³-hybridized carbons (Fsp3) is 0.714. The van der Waals surface area contributed by atoms with Crippen molar-refractivity contribution >= 4 is 11.3 Å². The summed E-state index contributed by atoms with van der Waals surface area (Å²) in [5.41, 5.74) is -0.408. The summed E-state index contributed by atoms with van der Waals surface area (Å²) in [5.74, 6) is 0.869. The van der Waals surface area contributed by atoms with Crippen molar-refractivity contribution in [3.63, 3.8) is 0 Å². The molecule has 1 aromatic rings. The molecule has 1 fully saturated rings. The summed E-state index contributed by atoms with van der Waals surface area (Å²) in [5, 5.41) is 12.6. The van der Waals surface area contributed by atoms with Crippen molar-refractivity contribution in [3.05, 3.63) is 22.4 Å². The molecule has 0 aromatic carbocycles. The summed E-state index contributed by atoms with van der Waals surface area (Å²) in [7, 11) is 0. The predicted octanol–water partition coefficient (Wildman–Crippen LogP) is 4.01. The van der Waals surface area contributed by atoms with Gasteiger partial charge in [0, 0.05) is 11.3 Å². The van der Waals surface area contributed by atoms with Crippen LogP contribution in [0.3, 0.4) is 0 Å². The van der Waals surface area contributed by atoms with E-state index >= 15 is 0 Å². The Kier molecular flexibility index (Phi) is 4.04. The molecule has 0 radical (unpaired) electrons. The molecule has 16 heavy (non-hydrogen) atoms. The smallest absolute Gasteiger partial charge is 0.0696 e. The third-order valence-electron chi connectivity index (χ3n) is 3.82. The molecule has 1 aliphatic rings. The van der Waals surface area contributed by atoms with Crippen LogP contribution in [0, 0.1) is 5.92 Å². The number of thiophene rings is 1. The Balaban J connectivity index is 1.86. The van der Waals surface area contributed by atoms with E-state index in [9.17, 15) is 5.11 Å². The maximum Gasteiger partial charge on any atom is 0.0696 e. The largest absolute Gasteiger partial charge is 0.390 e. The molecule has 1 N–H and O–H groups in total. The Bertz CT molecular complexity index is 297. The molecular formula is C14H22OS. The van der Waals surface area contributed by atoms with Crippen molar-refractivity contribution in [2.45, 2.75) is 57.5 Å². The average molecular weight is 238 g/mol. The van der Waals surface area contributed by atoms with E-state index in [1.54, 1.807) is 11.3 Å². The SMILES string of the molecule is CCCC1CCC(O)(Cc2cccs2)CC1. The normalized spacial score (nSPS) is 30.5. The standard InChI is InChI=1S/C14H22OS/c1-2-4-12-6-8-14(15,9-7-12)11-13-5-3-10-16-13/h3,5,10,12,15H,2,4,6-9,11H2,1H3. The molecular weight excluding hydrogens is 216 g/mol. The number of hydrogen-bond acceptors (Lipinski definition) is 2. The number of aliphatic hydroxyl groups is 1. The highest BCUT2D eigenvalue weighted by Gasteiger charge is 2.33. The van der Waals surface area contributed by atoms with E-state index < -0.39 is 5.60 Å². The van der Waals surface area contributed by atoms with E-state index in [-0.39, 0.29) is 0 Å². The Morgan fingerprint density at radius 1 is 1.44 bits per heavy atom. The van der Waals surface area contributed by atoms with Crippen LogP contribution in [0.2, 0.25) is 0 Å². The minimum Gasteiger partial charge on any atom is -0.390 e. The maximum absolute atomic E-state index is 10.5. The first-order chi connectivity index (χ1) is 7.72. The molecule has 0 aliphatic heterocycles. The summed E-state index contributed by atoms with van der Waals surface area (Å²) in [6.07, 6.45) is 7.92. The Labute approximate surface area is 103 Å². The van der Waals surface area contributed by atoms with Crippen molar-refractivity contribution in [2.75, 3.05) is 0 Å². The lowest BCUT2D eigenvalue weighted by atomic mass is 9.75. The lowest BCUT2D eigenvalue weighted by molar-refractivity contribution is -0.00922. The molecule has 2 heteroatoms. The summed E-state index contributed by atoms with van der Waals surface area (Å²) in [6.45, 7) is 2.26. The molecule has 1 aliphatic carbocycles. The van der Waals surface area contributed by atoms with Gasteiger partial charge in [0.1, 0.15) is 0 Å². The topological polar surface area (TPSA) is 20.2 Å². The van der Waals surface area contributed by atoms with E-state index in [0.717, 1.165) is 25.2 Å². The highest BCUT2D eigenvalue weighted by Crippen LogP contribution is 2.36. The van der Waals surface area contributed by atoms with Gasteiger partial charge >= 0.3 is 0 Å². The van der Waals surface area contributed by atoms with Crippen LogP contribution in [0.4, 0.5) is 0 Å². The first-order valence-corrected chi connectivity index (χ1v) is 7.34. The van der Waals surface area contributed by atoms with Gasteiger partial charge < -0.3 is 5.11 Å². The van der Waals surface area contributed by atoms with Gasteiger partial charge in [0.25, 0.3) is 0 Å². The van der Waals surface area contributed by atoms with Crippen LogP contribution < -0.4 is 0 Å². The first-order valence-electron chi connectivity index (χ1n) is 6.46. The van der Waals surface area contributed by atoms with Gasteiger partial charge in [0.05, 0.1) is 5.60 Å². The molecule has 0 bridgehead atoms. The molecule has 1 aromatic heterocycles. The van der Waals surface area contributed by atoms with Gasteiger partial charge in [0.2, 0.25) is 0 Å². The molecule has 0 unspecified atom stereocenters. The van der Waals surface area contributed by atoms with Crippen molar-refractivity contribution in [2.24, 2.45) is 5.92 Å². The van der Waals surface area contributed by atoms with Crippen molar-refractivity contribution in [1.82, 2.24) is 0 Å². The van der Waals surface area contributed by atoms with Crippen molar-refractivity contribution < 1.29 is 5.11 Å². The molecule has 0 amide bonds. The van der Waals surface area contributed by atoms with Gasteiger partial charge in [-0.25, -0.2) is 0 Å². The molecule has 1 nitrogen and oxygen atoms in total. The highest BCUT2D eigenvalue weighted by molar-refractivity contribution is 7.09. The highest BCUT2D eigenvalue weighted by atomic mass is 32.1. The molecule has 2 rings (SSSR count). The molecule has 1 saturated carbocycles. The number of hydrogen-bond donors (Lipinski definition) is 1. The van der Waals surface area contributed by atoms with Crippen LogP contribution in [0.25, 0.3) is 0 Å². The van der Waals surface area contributed by atoms with E-state index in [4.69, 9.17) is 0 Å². The molecule has 0 spiro atoms. The van der Waals surface area contributed by atoms with Gasteiger partial charge in [-0.15, -0.1) is 11.3 Å². The molecule has 0 saturated heterocycles. The zero-order chi connectivity index (χ0) is 11.4. The monoisotopic (exact) mass is 238 g/mol. The Hall–Kier alpha value is -0.340. The van der Waals surface area contributed by atoms with E-state index in [1.807, 2.05) is 0 Å². The molecule has 1 heterocycles. The molecule has 90 valence electrons. The van der Waals surface area contributed by atoms with E-state index in [2.05, 4.69) is 24.4 Å². The van der Waals surface area contributed by atoms with Crippen LogP contribution >= 0.6 is 11.3 Å². The van der Waals surface area contributed by atoms with Crippen LogP contribution in [0.5, 0.6) is 0 Å². The van der Waals surface area contributed by atoms with Crippen molar-refractivity contribution in [3.8, 4) is 0 Å². The van der Waals surface area contributed by atoms with Crippen LogP contribution in [-0.4, -0.2) is 10.7 Å². The molecule has 0 atom stereocenters. The first kappa shape index (κ1) is 12.1. The van der Waals surface area contributed by atoms with Crippen LogP contribution in [0.1, 0.15) is 50.3 Å². The van der Waals surface area contributed by atoms with Crippen LogP contribution in [0.15, 0.2) is 17.5 Å². The zero-order valence-electron chi connectivity index (χ0n) is 10.1. The third-order valence-corrected chi connectivity index (χ3v) is 4.69. The second-order valence-corrected chi connectivity index (χ2v) is 6.24. The van der Waals surface area contributed by atoms with E-state index in [1.165, 1.54) is 30.6 Å². The predicted molar refractivity (Wildman–Crippen MR) is 69.8 cm³/mol. The third kappa shape index (κ3) is 3.08. The van der Waals surface area contributed by atoms with Gasteiger partial charge in [-0.3, -0.25) is 0 Å². The summed E-state index contributed by atoms with van der Waals surface area (Å²) in [6, 6.07) is 4.22. The second-order valence-electron chi connectivity index (χ2n) is 5.21. The minimum absolute atomic E-state index is 0.408. The van der Waals surface area contributed by atoms with Gasteiger partial charge in [0.15, 0.2) is 0 Å². The van der Waals surface area contributed by atoms with Crippen molar-refractivity contribution in [1.29, 1.82) is 0 Å². The summed E-state index contributed by atoms with van der Waals surface area (Å²) >= 11 is 1.77. The van der Waals surface area contributed by atoms with Gasteiger partial charge in [-0.2, -0.15) is 0 Å². The van der Waals surface area contributed by atoms with Gasteiger partial charge in [-0.05, 0) is 43.0 Å². The Morgan fingerprint density at radius 2 is 2.19 bits per heavy atom. The fourth-order valence-corrected chi connectivity index (χ4v) is 3.67. The van der Waals surface area contributed by atoms with E-state index in [0.29, 0.717) is 0 Å².